The van der Waals surface area contributed by atoms with Gasteiger partial charge in [0, 0.05) is 15.8 Å². The highest BCUT2D eigenvalue weighted by atomic mass is 28.1. The molecule has 0 aliphatic heterocycles. The number of furan rings is 1. The van der Waals surface area contributed by atoms with Crippen molar-refractivity contribution in [2.24, 2.45) is 0 Å². The number of hydrogen-bond acceptors (Lipinski definition) is 1. The highest BCUT2D eigenvalue weighted by Crippen LogP contribution is 2.46. The summed E-state index contributed by atoms with van der Waals surface area (Å²) in [5.74, 6) is 1.88. The van der Waals surface area contributed by atoms with E-state index in [2.05, 4.69) is 72.6 Å². The summed E-state index contributed by atoms with van der Waals surface area (Å²) in [6.07, 6.45) is 2.28. The predicted octanol–water partition coefficient (Wildman–Crippen LogP) is 5.64. The normalized spacial score (nSPS) is 16.2. The highest BCUT2D eigenvalue weighted by Gasteiger charge is 2.28. The van der Waals surface area contributed by atoms with E-state index in [9.17, 15) is 0 Å². The van der Waals surface area contributed by atoms with E-state index in [0.717, 1.165) is 11.5 Å². The Morgan fingerprint density at radius 1 is 0.958 bits per heavy atom. The fourth-order valence-corrected chi connectivity index (χ4v) is 4.01. The Labute approximate surface area is 146 Å². The zero-order valence-corrected chi connectivity index (χ0v) is 15.2. The van der Waals surface area contributed by atoms with Gasteiger partial charge in [0.25, 0.3) is 0 Å². The van der Waals surface area contributed by atoms with Crippen LogP contribution in [0, 0.1) is 20.8 Å². The van der Waals surface area contributed by atoms with Gasteiger partial charge in [-0.05, 0) is 77.9 Å². The molecule has 4 rings (SSSR count). The van der Waals surface area contributed by atoms with Crippen LogP contribution in [0.1, 0.15) is 39.3 Å². The summed E-state index contributed by atoms with van der Waals surface area (Å²) in [6, 6.07) is 17.0. The number of aryl methyl sites for hydroxylation is 2. The third kappa shape index (κ3) is 2.30. The summed E-state index contributed by atoms with van der Waals surface area (Å²) in [5.41, 5.74) is 9.22. The second-order valence-corrected chi connectivity index (χ2v) is 7.08. The van der Waals surface area contributed by atoms with Crippen LogP contribution in [0.2, 0.25) is 0 Å². The van der Waals surface area contributed by atoms with Crippen molar-refractivity contribution in [1.82, 2.24) is 0 Å². The maximum atomic E-state index is 5.88. The van der Waals surface area contributed by atoms with Gasteiger partial charge in [-0.15, -0.1) is 0 Å². The lowest BCUT2D eigenvalue weighted by atomic mass is 9.90. The Hall–Kier alpha value is -2.32. The van der Waals surface area contributed by atoms with Crippen molar-refractivity contribution in [3.8, 4) is 11.1 Å². The van der Waals surface area contributed by atoms with Gasteiger partial charge in [0.2, 0.25) is 0 Å². The van der Waals surface area contributed by atoms with E-state index >= 15 is 0 Å². The van der Waals surface area contributed by atoms with E-state index in [-0.39, 0.29) is 5.54 Å². The minimum atomic E-state index is 0.160. The third-order valence-corrected chi connectivity index (χ3v) is 5.55. The van der Waals surface area contributed by atoms with E-state index in [1.165, 1.54) is 39.0 Å². The molecule has 1 heterocycles. The van der Waals surface area contributed by atoms with Gasteiger partial charge in [-0.2, -0.15) is 0 Å². The number of fused-ring (bicyclic) bond motifs is 1. The average Bonchev–Trinajstić information content (AvgIpc) is 3.14. The van der Waals surface area contributed by atoms with E-state index in [1.54, 1.807) is 0 Å². The zero-order valence-electron chi connectivity index (χ0n) is 14.2. The average molecular weight is 327 g/mol. The van der Waals surface area contributed by atoms with E-state index in [4.69, 9.17) is 4.42 Å². The molecule has 2 heteroatoms. The van der Waals surface area contributed by atoms with E-state index in [1.807, 2.05) is 13.0 Å². The van der Waals surface area contributed by atoms with Crippen LogP contribution >= 0.6 is 0 Å². The minimum absolute atomic E-state index is 0.160. The summed E-state index contributed by atoms with van der Waals surface area (Å²) in [4.78, 5) is 0. The Bertz CT molecular complexity index is 948. The number of allylic oxidation sites excluding steroid dienone is 1. The number of hydrogen-bond donors (Lipinski definition) is 0. The Morgan fingerprint density at radius 2 is 1.71 bits per heavy atom. The molecule has 2 aromatic carbocycles. The van der Waals surface area contributed by atoms with Gasteiger partial charge in [0.15, 0.2) is 0 Å². The molecule has 3 aromatic rings. The van der Waals surface area contributed by atoms with Crippen LogP contribution in [-0.2, 0) is 0 Å². The molecule has 1 aromatic heterocycles. The predicted molar refractivity (Wildman–Crippen MR) is 101 cm³/mol. The molecule has 3 radical (unpaired) electrons. The van der Waals surface area contributed by atoms with Crippen molar-refractivity contribution in [3.05, 3.63) is 82.3 Å². The Kier molecular flexibility index (Phi) is 3.58. The standard InChI is InChI=1S/C22H19OSi/c1-13-11-18-17(21(15(13)3)16-7-5-4-6-8-16)12-19(22(18)24)20-10-9-14(2)23-20/h4-12,22H,1-3H3. The first-order valence-corrected chi connectivity index (χ1v) is 8.83. The van der Waals surface area contributed by atoms with Crippen molar-refractivity contribution in [3.63, 3.8) is 0 Å². The summed E-state index contributed by atoms with van der Waals surface area (Å²) >= 11 is 0. The molecule has 0 spiro atoms. The molecular weight excluding hydrogens is 308 g/mol. The molecule has 0 fully saturated rings. The largest absolute Gasteiger partial charge is 0.462 e. The Morgan fingerprint density at radius 3 is 2.38 bits per heavy atom. The second-order valence-electron chi connectivity index (χ2n) is 6.51. The van der Waals surface area contributed by atoms with Crippen molar-refractivity contribution in [2.45, 2.75) is 26.3 Å². The molecule has 24 heavy (non-hydrogen) atoms. The molecule has 1 aliphatic carbocycles. The molecule has 1 unspecified atom stereocenters. The first kappa shape index (κ1) is 15.2. The molecule has 1 aliphatic rings. The van der Waals surface area contributed by atoms with Crippen LogP contribution in [0.25, 0.3) is 22.8 Å². The summed E-state index contributed by atoms with van der Waals surface area (Å²) < 4.78 is 5.88. The lowest BCUT2D eigenvalue weighted by Crippen LogP contribution is -2.00. The molecule has 1 atom stereocenters. The van der Waals surface area contributed by atoms with Crippen LogP contribution in [0.4, 0.5) is 0 Å². The fourth-order valence-electron chi connectivity index (χ4n) is 3.54. The smallest absolute Gasteiger partial charge is 0.130 e. The summed E-state index contributed by atoms with van der Waals surface area (Å²) in [7, 11) is 3.95. The number of benzene rings is 2. The maximum Gasteiger partial charge on any atom is 0.130 e. The molecule has 1 nitrogen and oxygen atoms in total. The number of rotatable bonds is 2. The summed E-state index contributed by atoms with van der Waals surface area (Å²) in [6.45, 7) is 6.39. The topological polar surface area (TPSA) is 13.1 Å². The minimum Gasteiger partial charge on any atom is -0.462 e. The fraction of sp³-hybridized carbons (Fsp3) is 0.182. The third-order valence-electron chi connectivity index (χ3n) is 4.93. The molecule has 0 saturated heterocycles. The van der Waals surface area contributed by atoms with Gasteiger partial charge in [0.05, 0.1) is 0 Å². The highest BCUT2D eigenvalue weighted by molar-refractivity contribution is 6.23. The van der Waals surface area contributed by atoms with Crippen molar-refractivity contribution >= 4 is 21.9 Å². The van der Waals surface area contributed by atoms with Gasteiger partial charge < -0.3 is 4.42 Å². The van der Waals surface area contributed by atoms with Gasteiger partial charge in [-0.3, -0.25) is 0 Å². The molecule has 0 bridgehead atoms. The first-order valence-electron chi connectivity index (χ1n) is 8.25. The Balaban J connectivity index is 1.96. The van der Waals surface area contributed by atoms with Gasteiger partial charge >= 0.3 is 0 Å². The first-order chi connectivity index (χ1) is 11.6. The molecule has 0 saturated carbocycles. The zero-order chi connectivity index (χ0) is 16.8. The van der Waals surface area contributed by atoms with E-state index < -0.39 is 0 Å². The molecular formula is C22H19OSi. The van der Waals surface area contributed by atoms with Crippen LogP contribution in [0.5, 0.6) is 0 Å². The van der Waals surface area contributed by atoms with Crippen LogP contribution in [0.3, 0.4) is 0 Å². The van der Waals surface area contributed by atoms with Crippen molar-refractivity contribution < 1.29 is 4.42 Å². The lowest BCUT2D eigenvalue weighted by Gasteiger charge is -2.17. The van der Waals surface area contributed by atoms with Gasteiger partial charge in [-0.25, -0.2) is 0 Å². The molecule has 0 N–H and O–H groups in total. The van der Waals surface area contributed by atoms with Crippen LogP contribution in [0.15, 0.2) is 52.9 Å². The quantitative estimate of drug-likeness (QED) is 0.555. The van der Waals surface area contributed by atoms with Gasteiger partial charge in [0.1, 0.15) is 11.5 Å². The molecule has 117 valence electrons. The van der Waals surface area contributed by atoms with Crippen LogP contribution in [-0.4, -0.2) is 10.2 Å². The summed E-state index contributed by atoms with van der Waals surface area (Å²) in [5, 5.41) is 0. The lowest BCUT2D eigenvalue weighted by molar-refractivity contribution is 0.520. The van der Waals surface area contributed by atoms with Gasteiger partial charge in [-0.1, -0.05) is 36.4 Å². The van der Waals surface area contributed by atoms with Crippen molar-refractivity contribution in [2.75, 3.05) is 0 Å². The van der Waals surface area contributed by atoms with Crippen molar-refractivity contribution in [1.29, 1.82) is 0 Å². The monoisotopic (exact) mass is 327 g/mol. The molecule has 0 amide bonds. The van der Waals surface area contributed by atoms with E-state index in [0.29, 0.717) is 0 Å². The maximum absolute atomic E-state index is 5.88. The van der Waals surface area contributed by atoms with Crippen LogP contribution < -0.4 is 0 Å². The second kappa shape index (κ2) is 5.64. The SMILES string of the molecule is Cc1ccc(C2=Cc3c(cc(C)c(C)c3-c3ccccc3)C2[Si])o1.